The lowest BCUT2D eigenvalue weighted by Gasteiger charge is -2.09. The van der Waals surface area contributed by atoms with Gasteiger partial charge < -0.3 is 5.32 Å². The summed E-state index contributed by atoms with van der Waals surface area (Å²) >= 11 is 5.89. The predicted octanol–water partition coefficient (Wildman–Crippen LogP) is 2.39. The van der Waals surface area contributed by atoms with Gasteiger partial charge in [-0.2, -0.15) is 0 Å². The Balaban J connectivity index is 1.87. The molecule has 2 aromatic heterocycles. The number of para-hydroxylation sites is 1. The number of fused-ring (bicyclic) bond motifs is 1. The molecule has 0 atom stereocenters. The van der Waals surface area contributed by atoms with Crippen molar-refractivity contribution >= 4 is 34.1 Å². The molecule has 1 amide bonds. The van der Waals surface area contributed by atoms with Gasteiger partial charge in [-0.1, -0.05) is 23.7 Å². The number of anilines is 1. The fraction of sp³-hybridized carbons (Fsp3) is 0.125. The molecule has 23 heavy (non-hydrogen) atoms. The summed E-state index contributed by atoms with van der Waals surface area (Å²) in [6, 6.07) is 8.67. The number of carbonyl (C=O) groups excluding carboxylic acids is 1. The van der Waals surface area contributed by atoms with Crippen LogP contribution >= 0.6 is 11.6 Å². The van der Waals surface area contributed by atoms with Crippen LogP contribution in [-0.4, -0.2) is 20.4 Å². The molecule has 1 aromatic carbocycles. The fourth-order valence-corrected chi connectivity index (χ4v) is 2.44. The molecule has 0 aliphatic heterocycles. The van der Waals surface area contributed by atoms with E-state index in [4.69, 9.17) is 11.6 Å². The molecule has 0 unspecified atom stereocenters. The number of aromatic nitrogens is 3. The first kappa shape index (κ1) is 15.2. The lowest BCUT2D eigenvalue weighted by Crippen LogP contribution is -2.28. The number of rotatable bonds is 3. The molecule has 116 valence electrons. The minimum absolute atomic E-state index is 0.152. The summed E-state index contributed by atoms with van der Waals surface area (Å²) in [6.07, 6.45) is 2.90. The van der Waals surface area contributed by atoms with E-state index in [9.17, 15) is 9.59 Å². The van der Waals surface area contributed by atoms with E-state index in [0.29, 0.717) is 16.6 Å². The van der Waals surface area contributed by atoms with Gasteiger partial charge >= 0.3 is 0 Å². The van der Waals surface area contributed by atoms with E-state index in [0.717, 1.165) is 5.56 Å². The van der Waals surface area contributed by atoms with Crippen molar-refractivity contribution in [2.75, 3.05) is 5.32 Å². The van der Waals surface area contributed by atoms with E-state index in [1.807, 2.05) is 13.0 Å². The molecule has 0 aliphatic rings. The van der Waals surface area contributed by atoms with Crippen molar-refractivity contribution in [3.63, 3.8) is 0 Å². The van der Waals surface area contributed by atoms with Gasteiger partial charge in [-0.05, 0) is 30.7 Å². The van der Waals surface area contributed by atoms with Crippen LogP contribution in [0.4, 0.5) is 5.69 Å². The van der Waals surface area contributed by atoms with Crippen LogP contribution < -0.4 is 10.9 Å². The van der Waals surface area contributed by atoms with E-state index in [-0.39, 0.29) is 23.2 Å². The van der Waals surface area contributed by atoms with Crippen molar-refractivity contribution in [1.29, 1.82) is 0 Å². The van der Waals surface area contributed by atoms with Crippen LogP contribution in [-0.2, 0) is 11.3 Å². The highest BCUT2D eigenvalue weighted by Gasteiger charge is 2.10. The number of nitrogens with one attached hydrogen (secondary N) is 1. The number of aryl methyl sites for hydroxylation is 1. The molecule has 2 heterocycles. The van der Waals surface area contributed by atoms with Gasteiger partial charge in [0, 0.05) is 6.20 Å². The van der Waals surface area contributed by atoms with Crippen LogP contribution in [0.25, 0.3) is 10.9 Å². The summed E-state index contributed by atoms with van der Waals surface area (Å²) in [5, 5.41) is 3.31. The lowest BCUT2D eigenvalue weighted by molar-refractivity contribution is -0.116. The van der Waals surface area contributed by atoms with Crippen molar-refractivity contribution in [2.45, 2.75) is 13.5 Å². The lowest BCUT2D eigenvalue weighted by atomic mass is 10.1. The van der Waals surface area contributed by atoms with Crippen LogP contribution in [0.2, 0.25) is 5.15 Å². The number of pyridine rings is 1. The Kier molecular flexibility index (Phi) is 4.08. The Bertz CT molecular complexity index is 952. The van der Waals surface area contributed by atoms with Gasteiger partial charge in [-0.25, -0.2) is 9.97 Å². The predicted molar refractivity (Wildman–Crippen MR) is 88.6 cm³/mol. The SMILES string of the molecule is Cc1cccc2c(=O)n(CC(=O)Nc3cccnc3Cl)cnc12. The van der Waals surface area contributed by atoms with Gasteiger partial charge in [0.2, 0.25) is 5.91 Å². The Morgan fingerprint density at radius 2 is 2.09 bits per heavy atom. The average molecular weight is 329 g/mol. The molecule has 3 aromatic rings. The summed E-state index contributed by atoms with van der Waals surface area (Å²) in [6.45, 7) is 1.73. The average Bonchev–Trinajstić information content (AvgIpc) is 2.53. The van der Waals surface area contributed by atoms with Crippen LogP contribution in [0.5, 0.6) is 0 Å². The van der Waals surface area contributed by atoms with E-state index >= 15 is 0 Å². The van der Waals surface area contributed by atoms with Gasteiger partial charge in [-0.15, -0.1) is 0 Å². The molecular weight excluding hydrogens is 316 g/mol. The maximum atomic E-state index is 12.4. The molecule has 3 rings (SSSR count). The number of benzene rings is 1. The molecule has 0 bridgehead atoms. The first-order chi connectivity index (χ1) is 11.1. The van der Waals surface area contributed by atoms with Crippen molar-refractivity contribution in [1.82, 2.24) is 14.5 Å². The van der Waals surface area contributed by atoms with Crippen molar-refractivity contribution in [2.24, 2.45) is 0 Å². The maximum Gasteiger partial charge on any atom is 0.261 e. The number of halogens is 1. The molecule has 0 radical (unpaired) electrons. The third-order valence-corrected chi connectivity index (χ3v) is 3.70. The van der Waals surface area contributed by atoms with Crippen molar-refractivity contribution in [3.8, 4) is 0 Å². The molecule has 0 saturated carbocycles. The first-order valence-corrected chi connectivity index (χ1v) is 7.29. The number of amides is 1. The fourth-order valence-electron chi connectivity index (χ4n) is 2.27. The second-order valence-electron chi connectivity index (χ2n) is 5.04. The van der Waals surface area contributed by atoms with Crippen LogP contribution in [0.15, 0.2) is 47.7 Å². The normalized spacial score (nSPS) is 10.7. The molecule has 0 aliphatic carbocycles. The van der Waals surface area contributed by atoms with Crippen LogP contribution in [0.3, 0.4) is 0 Å². The highest BCUT2D eigenvalue weighted by Crippen LogP contribution is 2.17. The number of nitrogens with zero attached hydrogens (tertiary/aromatic N) is 3. The Hall–Kier alpha value is -2.73. The molecule has 0 spiro atoms. The van der Waals surface area contributed by atoms with Gasteiger partial charge in [-0.3, -0.25) is 14.2 Å². The summed E-state index contributed by atoms with van der Waals surface area (Å²) < 4.78 is 1.27. The van der Waals surface area contributed by atoms with Crippen LogP contribution in [0, 0.1) is 6.92 Å². The van der Waals surface area contributed by atoms with Gasteiger partial charge in [0.25, 0.3) is 5.56 Å². The standard InChI is InChI=1S/C16H13ClN4O2/c1-10-4-2-5-11-14(10)19-9-21(16(11)23)8-13(22)20-12-6-3-7-18-15(12)17/h2-7,9H,8H2,1H3,(H,20,22). The highest BCUT2D eigenvalue weighted by atomic mass is 35.5. The van der Waals surface area contributed by atoms with Crippen molar-refractivity contribution < 1.29 is 4.79 Å². The topological polar surface area (TPSA) is 76.9 Å². The Morgan fingerprint density at radius 1 is 1.26 bits per heavy atom. The third kappa shape index (κ3) is 3.07. The quantitative estimate of drug-likeness (QED) is 0.749. The number of hydrogen-bond acceptors (Lipinski definition) is 4. The minimum atomic E-state index is -0.379. The molecule has 0 fully saturated rings. The minimum Gasteiger partial charge on any atom is -0.322 e. The summed E-state index contributed by atoms with van der Waals surface area (Å²) in [5.74, 6) is -0.379. The first-order valence-electron chi connectivity index (χ1n) is 6.91. The molecule has 7 heteroatoms. The molecule has 1 N–H and O–H groups in total. The monoisotopic (exact) mass is 328 g/mol. The van der Waals surface area contributed by atoms with Crippen molar-refractivity contribution in [3.05, 3.63) is 63.9 Å². The summed E-state index contributed by atoms with van der Waals surface area (Å²) in [7, 11) is 0. The van der Waals surface area contributed by atoms with Gasteiger partial charge in [0.15, 0.2) is 5.15 Å². The molecule has 0 saturated heterocycles. The third-order valence-electron chi connectivity index (χ3n) is 3.40. The highest BCUT2D eigenvalue weighted by molar-refractivity contribution is 6.32. The molecular formula is C16H13ClN4O2. The number of hydrogen-bond donors (Lipinski definition) is 1. The van der Waals surface area contributed by atoms with E-state index in [1.165, 1.54) is 17.1 Å². The second kappa shape index (κ2) is 6.18. The summed E-state index contributed by atoms with van der Waals surface area (Å²) in [4.78, 5) is 32.7. The smallest absolute Gasteiger partial charge is 0.261 e. The van der Waals surface area contributed by atoms with E-state index < -0.39 is 0 Å². The second-order valence-corrected chi connectivity index (χ2v) is 5.40. The maximum absolute atomic E-state index is 12.4. The van der Waals surface area contributed by atoms with Gasteiger partial charge in [0.05, 0.1) is 22.9 Å². The molecule has 6 nitrogen and oxygen atoms in total. The number of carbonyl (C=O) groups is 1. The zero-order valence-electron chi connectivity index (χ0n) is 12.3. The zero-order valence-corrected chi connectivity index (χ0v) is 13.0. The van der Waals surface area contributed by atoms with E-state index in [1.54, 1.807) is 24.3 Å². The van der Waals surface area contributed by atoms with Gasteiger partial charge in [0.1, 0.15) is 6.54 Å². The zero-order chi connectivity index (χ0) is 16.4. The Labute approximate surface area is 136 Å². The van der Waals surface area contributed by atoms with Crippen LogP contribution in [0.1, 0.15) is 5.56 Å². The Morgan fingerprint density at radius 3 is 2.87 bits per heavy atom. The summed E-state index contributed by atoms with van der Waals surface area (Å²) in [5.41, 5.74) is 1.70. The van der Waals surface area contributed by atoms with E-state index in [2.05, 4.69) is 15.3 Å². The largest absolute Gasteiger partial charge is 0.322 e.